The predicted octanol–water partition coefficient (Wildman–Crippen LogP) is 4.39. The molecule has 0 fully saturated rings. The highest BCUT2D eigenvalue weighted by atomic mass is 32.2. The Hall–Kier alpha value is -3.85. The van der Waals surface area contributed by atoms with E-state index >= 15 is 0 Å². The lowest BCUT2D eigenvalue weighted by atomic mass is 10.1. The highest BCUT2D eigenvalue weighted by Crippen LogP contribution is 2.27. The molecule has 208 valence electrons. The number of carbonyl (C=O) groups excluding carboxylic acids is 2. The molecule has 1 unspecified atom stereocenters. The maximum Gasteiger partial charge on any atom is 0.264 e. The first-order valence-electron chi connectivity index (χ1n) is 12.9. The zero-order chi connectivity index (χ0) is 28.6. The summed E-state index contributed by atoms with van der Waals surface area (Å²) >= 11 is 0. The predicted molar refractivity (Wildman–Crippen MR) is 153 cm³/mol. The van der Waals surface area contributed by atoms with Gasteiger partial charge in [-0.25, -0.2) is 8.42 Å². The molecule has 3 rings (SSSR count). The molecule has 8 nitrogen and oxygen atoms in total. The monoisotopic (exact) mass is 551 g/mol. The quantitative estimate of drug-likeness (QED) is 0.360. The number of carbonyl (C=O) groups is 2. The van der Waals surface area contributed by atoms with Crippen LogP contribution < -0.4 is 14.4 Å². The van der Waals surface area contributed by atoms with E-state index < -0.39 is 28.5 Å². The lowest BCUT2D eigenvalue weighted by Gasteiger charge is -2.32. The summed E-state index contributed by atoms with van der Waals surface area (Å²) in [5.41, 5.74) is 2.13. The van der Waals surface area contributed by atoms with Gasteiger partial charge < -0.3 is 15.0 Å². The van der Waals surface area contributed by atoms with Crippen molar-refractivity contribution in [1.82, 2.24) is 10.2 Å². The Morgan fingerprint density at radius 3 is 2.26 bits per heavy atom. The van der Waals surface area contributed by atoms with Gasteiger partial charge in [-0.15, -0.1) is 0 Å². The average molecular weight is 552 g/mol. The first-order valence-corrected chi connectivity index (χ1v) is 14.3. The van der Waals surface area contributed by atoms with Crippen molar-refractivity contribution in [2.75, 3.05) is 24.5 Å². The molecule has 1 atom stereocenters. The number of nitrogens with zero attached hydrogens (tertiary/aromatic N) is 2. The van der Waals surface area contributed by atoms with E-state index in [0.29, 0.717) is 12.3 Å². The highest BCUT2D eigenvalue weighted by Gasteiger charge is 2.32. The van der Waals surface area contributed by atoms with Gasteiger partial charge >= 0.3 is 0 Å². The average Bonchev–Trinajstić information content (AvgIpc) is 2.93. The molecule has 3 aromatic carbocycles. The van der Waals surface area contributed by atoms with Gasteiger partial charge in [-0.1, -0.05) is 67.9 Å². The second-order valence-electron chi connectivity index (χ2n) is 9.85. The smallest absolute Gasteiger partial charge is 0.264 e. The lowest BCUT2D eigenvalue weighted by Crippen LogP contribution is -2.51. The second kappa shape index (κ2) is 13.3. The van der Waals surface area contributed by atoms with Gasteiger partial charge in [0, 0.05) is 19.2 Å². The van der Waals surface area contributed by atoms with Crippen LogP contribution in [0.15, 0.2) is 83.8 Å². The summed E-state index contributed by atoms with van der Waals surface area (Å²) in [5.74, 6) is -0.123. The Balaban J connectivity index is 2.02. The Morgan fingerprint density at radius 1 is 0.923 bits per heavy atom. The van der Waals surface area contributed by atoms with Crippen LogP contribution in [-0.4, -0.2) is 51.4 Å². The van der Waals surface area contributed by atoms with Crippen LogP contribution in [0, 0.1) is 12.8 Å². The van der Waals surface area contributed by atoms with Crippen molar-refractivity contribution in [3.63, 3.8) is 0 Å². The summed E-state index contributed by atoms with van der Waals surface area (Å²) in [5, 5.41) is 2.89. The summed E-state index contributed by atoms with van der Waals surface area (Å²) in [4.78, 5) is 28.5. The Morgan fingerprint density at radius 2 is 1.62 bits per heavy atom. The number of hydrogen-bond donors (Lipinski definition) is 1. The number of anilines is 1. The maximum atomic E-state index is 13.9. The minimum atomic E-state index is -4.12. The van der Waals surface area contributed by atoms with E-state index in [1.165, 1.54) is 24.1 Å². The minimum Gasteiger partial charge on any atom is -0.497 e. The molecule has 3 aromatic rings. The molecule has 9 heteroatoms. The van der Waals surface area contributed by atoms with Crippen LogP contribution in [0.25, 0.3) is 0 Å². The van der Waals surface area contributed by atoms with Crippen molar-refractivity contribution in [3.05, 3.63) is 90.0 Å². The largest absolute Gasteiger partial charge is 0.497 e. The second-order valence-corrected chi connectivity index (χ2v) is 11.7. The van der Waals surface area contributed by atoms with E-state index in [4.69, 9.17) is 4.74 Å². The normalized spacial score (nSPS) is 12.1. The van der Waals surface area contributed by atoms with E-state index in [1.54, 1.807) is 49.4 Å². The third-order valence-electron chi connectivity index (χ3n) is 6.24. The summed E-state index contributed by atoms with van der Waals surface area (Å²) < 4.78 is 34.0. The summed E-state index contributed by atoms with van der Waals surface area (Å²) in [6.07, 6.45) is 0. The van der Waals surface area contributed by atoms with Gasteiger partial charge in [0.05, 0.1) is 17.7 Å². The van der Waals surface area contributed by atoms with Gasteiger partial charge in [-0.05, 0) is 49.6 Å². The number of aryl methyl sites for hydroxylation is 1. The van der Waals surface area contributed by atoms with Crippen molar-refractivity contribution in [2.45, 2.75) is 45.2 Å². The number of benzene rings is 3. The van der Waals surface area contributed by atoms with Crippen LogP contribution in [-0.2, 0) is 26.2 Å². The van der Waals surface area contributed by atoms with E-state index in [1.807, 2.05) is 45.0 Å². The lowest BCUT2D eigenvalue weighted by molar-refractivity contribution is -0.139. The summed E-state index contributed by atoms with van der Waals surface area (Å²) in [7, 11) is -2.64. The number of nitrogens with one attached hydrogen (secondary N) is 1. The van der Waals surface area contributed by atoms with Crippen LogP contribution >= 0.6 is 0 Å². The molecule has 2 amide bonds. The zero-order valence-corrected chi connectivity index (χ0v) is 23.9. The first-order chi connectivity index (χ1) is 18.5. The first kappa shape index (κ1) is 29.7. The van der Waals surface area contributed by atoms with Crippen molar-refractivity contribution in [1.29, 1.82) is 0 Å². The van der Waals surface area contributed by atoms with E-state index in [-0.39, 0.29) is 29.0 Å². The molecule has 0 spiro atoms. The van der Waals surface area contributed by atoms with Crippen LogP contribution in [0.5, 0.6) is 5.75 Å². The number of methoxy groups -OCH3 is 1. The molecule has 1 N–H and O–H groups in total. The van der Waals surface area contributed by atoms with Crippen LogP contribution in [0.2, 0.25) is 0 Å². The van der Waals surface area contributed by atoms with Crippen molar-refractivity contribution >= 4 is 27.5 Å². The van der Waals surface area contributed by atoms with Gasteiger partial charge in [-0.2, -0.15) is 0 Å². The molecule has 0 aliphatic rings. The van der Waals surface area contributed by atoms with E-state index in [9.17, 15) is 18.0 Å². The number of hydrogen-bond acceptors (Lipinski definition) is 5. The molecule has 0 saturated heterocycles. The fourth-order valence-electron chi connectivity index (χ4n) is 4.06. The number of amides is 2. The van der Waals surface area contributed by atoms with Gasteiger partial charge in [0.15, 0.2) is 0 Å². The molecule has 0 aliphatic heterocycles. The molecule has 39 heavy (non-hydrogen) atoms. The minimum absolute atomic E-state index is 0.0496. The summed E-state index contributed by atoms with van der Waals surface area (Å²) in [6, 6.07) is 21.3. The molecule has 0 radical (unpaired) electrons. The van der Waals surface area contributed by atoms with Gasteiger partial charge in [0.25, 0.3) is 10.0 Å². The Bertz CT molecular complexity index is 1380. The fourth-order valence-corrected chi connectivity index (χ4v) is 5.48. The third-order valence-corrected chi connectivity index (χ3v) is 8.03. The van der Waals surface area contributed by atoms with Gasteiger partial charge in [0.1, 0.15) is 18.3 Å². The SMILES string of the molecule is COc1cccc(N(CC(=O)N(Cc2cccc(C)c2)C(C)C(=O)NCC(C)C)S(=O)(=O)c2ccccc2)c1. The van der Waals surface area contributed by atoms with Crippen molar-refractivity contribution < 1.29 is 22.7 Å². The summed E-state index contributed by atoms with van der Waals surface area (Å²) in [6.45, 7) is 7.69. The van der Waals surface area contributed by atoms with Crippen molar-refractivity contribution in [2.24, 2.45) is 5.92 Å². The molecule has 0 saturated carbocycles. The number of sulfonamides is 1. The zero-order valence-electron chi connectivity index (χ0n) is 23.1. The van der Waals surface area contributed by atoms with Crippen LogP contribution in [0.4, 0.5) is 5.69 Å². The molecular weight excluding hydrogens is 514 g/mol. The highest BCUT2D eigenvalue weighted by molar-refractivity contribution is 7.92. The van der Waals surface area contributed by atoms with Crippen LogP contribution in [0.1, 0.15) is 31.9 Å². The molecular formula is C30H37N3O5S. The molecule has 0 bridgehead atoms. The molecule has 0 heterocycles. The fraction of sp³-hybridized carbons (Fsp3) is 0.333. The topological polar surface area (TPSA) is 96.0 Å². The number of rotatable bonds is 12. The third kappa shape index (κ3) is 7.83. The standard InChI is InChI=1S/C30H37N3O5S/c1-22(2)19-31-30(35)24(4)32(20-25-12-9-11-23(3)17-25)29(34)21-33(26-13-10-14-27(18-26)38-5)39(36,37)28-15-7-6-8-16-28/h6-18,22,24H,19-21H2,1-5H3,(H,31,35). The molecule has 0 aliphatic carbocycles. The Kier molecular flexibility index (Phi) is 10.1. The van der Waals surface area contributed by atoms with E-state index in [2.05, 4.69) is 5.32 Å². The molecule has 0 aromatic heterocycles. The van der Waals surface area contributed by atoms with Gasteiger partial charge in [0.2, 0.25) is 11.8 Å². The van der Waals surface area contributed by atoms with E-state index in [0.717, 1.165) is 15.4 Å². The van der Waals surface area contributed by atoms with Crippen molar-refractivity contribution in [3.8, 4) is 5.75 Å². The van der Waals surface area contributed by atoms with Crippen LogP contribution in [0.3, 0.4) is 0 Å². The maximum absolute atomic E-state index is 13.9. The Labute approximate surface area is 231 Å². The van der Waals surface area contributed by atoms with Gasteiger partial charge in [-0.3, -0.25) is 13.9 Å². The number of ether oxygens (including phenoxy) is 1.